The first kappa shape index (κ1) is 17.6. The fraction of sp³-hybridized carbons (Fsp3) is 0.286. The highest BCUT2D eigenvalue weighted by Crippen LogP contribution is 2.48. The zero-order chi connectivity index (χ0) is 19.2. The Hall–Kier alpha value is -2.76. The molecule has 1 amide bonds. The van der Waals surface area contributed by atoms with Crippen molar-refractivity contribution < 1.29 is 22.4 Å². The quantitative estimate of drug-likeness (QED) is 0.662. The van der Waals surface area contributed by atoms with Crippen LogP contribution in [0.15, 0.2) is 59.0 Å². The third-order valence-electron chi connectivity index (χ3n) is 5.02. The summed E-state index contributed by atoms with van der Waals surface area (Å²) in [5.74, 6) is 0.327. The van der Waals surface area contributed by atoms with E-state index >= 15 is 0 Å². The standard InChI is InChI=1S/C21H18F3NO2/c1-12(19-10-14-4-2-3-5-18(14)27-19)25-20(26)17-11-16(17)13-6-8-15(9-7-13)21(22,23)24/h2-10,12,16-17H,11H2,1H3,(H,25,26)/t12-,16+,17+/m0/s1. The van der Waals surface area contributed by atoms with Gasteiger partial charge < -0.3 is 9.73 Å². The Balaban J connectivity index is 1.39. The summed E-state index contributed by atoms with van der Waals surface area (Å²) in [6.07, 6.45) is -3.70. The van der Waals surface area contributed by atoms with Crippen molar-refractivity contribution in [1.29, 1.82) is 0 Å². The lowest BCUT2D eigenvalue weighted by atomic mass is 10.1. The molecule has 1 saturated carbocycles. The van der Waals surface area contributed by atoms with Gasteiger partial charge in [0, 0.05) is 11.3 Å². The van der Waals surface area contributed by atoms with Crippen LogP contribution in [-0.2, 0) is 11.0 Å². The Bertz CT molecular complexity index is 942. The first-order valence-electron chi connectivity index (χ1n) is 8.79. The van der Waals surface area contributed by atoms with Gasteiger partial charge in [-0.05, 0) is 49.1 Å². The van der Waals surface area contributed by atoms with Gasteiger partial charge in [-0.2, -0.15) is 13.2 Å². The predicted molar refractivity (Wildman–Crippen MR) is 95.1 cm³/mol. The number of hydrogen-bond donors (Lipinski definition) is 1. The summed E-state index contributed by atoms with van der Waals surface area (Å²) < 4.78 is 43.7. The van der Waals surface area contributed by atoms with Gasteiger partial charge in [-0.25, -0.2) is 0 Å². The summed E-state index contributed by atoms with van der Waals surface area (Å²) in [7, 11) is 0. The van der Waals surface area contributed by atoms with E-state index in [9.17, 15) is 18.0 Å². The van der Waals surface area contributed by atoms with E-state index in [0.717, 1.165) is 28.7 Å². The molecular weight excluding hydrogens is 355 g/mol. The van der Waals surface area contributed by atoms with Crippen LogP contribution >= 0.6 is 0 Å². The van der Waals surface area contributed by atoms with E-state index in [0.29, 0.717) is 12.2 Å². The number of furan rings is 1. The maximum Gasteiger partial charge on any atom is 0.416 e. The number of rotatable bonds is 4. The molecule has 6 heteroatoms. The molecule has 3 atom stereocenters. The van der Waals surface area contributed by atoms with E-state index in [1.54, 1.807) is 0 Å². The molecule has 1 heterocycles. The minimum Gasteiger partial charge on any atom is -0.459 e. The Morgan fingerprint density at radius 3 is 2.52 bits per heavy atom. The second-order valence-corrected chi connectivity index (χ2v) is 6.99. The van der Waals surface area contributed by atoms with Gasteiger partial charge in [0.15, 0.2) is 0 Å². The summed E-state index contributed by atoms with van der Waals surface area (Å²) >= 11 is 0. The topological polar surface area (TPSA) is 42.2 Å². The summed E-state index contributed by atoms with van der Waals surface area (Å²) in [6.45, 7) is 1.85. The predicted octanol–water partition coefficient (Wildman–Crippen LogP) is 5.43. The second-order valence-electron chi connectivity index (χ2n) is 6.99. The summed E-state index contributed by atoms with van der Waals surface area (Å²) in [6, 6.07) is 14.3. The minimum atomic E-state index is -4.35. The van der Waals surface area contributed by atoms with Crippen molar-refractivity contribution in [3.63, 3.8) is 0 Å². The molecule has 4 rings (SSSR count). The molecule has 0 radical (unpaired) electrons. The molecule has 0 unspecified atom stereocenters. The molecule has 0 aliphatic heterocycles. The zero-order valence-electron chi connectivity index (χ0n) is 14.6. The number of nitrogens with one attached hydrogen (secondary N) is 1. The average Bonchev–Trinajstić information content (AvgIpc) is 3.32. The molecular formula is C21H18F3NO2. The Morgan fingerprint density at radius 1 is 1.15 bits per heavy atom. The van der Waals surface area contributed by atoms with Crippen LogP contribution in [0.25, 0.3) is 11.0 Å². The summed E-state index contributed by atoms with van der Waals surface area (Å²) in [4.78, 5) is 12.5. The van der Waals surface area contributed by atoms with Crippen LogP contribution in [-0.4, -0.2) is 5.91 Å². The first-order valence-corrected chi connectivity index (χ1v) is 8.79. The molecule has 2 aromatic carbocycles. The van der Waals surface area contributed by atoms with Gasteiger partial charge in [-0.1, -0.05) is 30.3 Å². The number of carbonyl (C=O) groups is 1. The normalized spacial score (nSPS) is 20.4. The van der Waals surface area contributed by atoms with Gasteiger partial charge in [0.1, 0.15) is 11.3 Å². The van der Waals surface area contributed by atoms with E-state index in [1.165, 1.54) is 12.1 Å². The van der Waals surface area contributed by atoms with Crippen LogP contribution in [0.3, 0.4) is 0 Å². The number of benzene rings is 2. The third kappa shape index (κ3) is 3.56. The van der Waals surface area contributed by atoms with Crippen molar-refractivity contribution in [3.8, 4) is 0 Å². The summed E-state index contributed by atoms with van der Waals surface area (Å²) in [5, 5.41) is 3.92. The molecule has 0 saturated heterocycles. The number of para-hydroxylation sites is 1. The Morgan fingerprint density at radius 2 is 1.85 bits per heavy atom. The number of carbonyl (C=O) groups excluding carboxylic acids is 1. The van der Waals surface area contributed by atoms with E-state index in [4.69, 9.17) is 4.42 Å². The van der Waals surface area contributed by atoms with Gasteiger partial charge in [0.05, 0.1) is 11.6 Å². The fourth-order valence-electron chi connectivity index (χ4n) is 3.38. The highest BCUT2D eigenvalue weighted by atomic mass is 19.4. The highest BCUT2D eigenvalue weighted by molar-refractivity contribution is 5.83. The van der Waals surface area contributed by atoms with Gasteiger partial charge in [-0.3, -0.25) is 4.79 Å². The maximum atomic E-state index is 12.6. The Labute approximate surface area is 154 Å². The molecule has 1 N–H and O–H groups in total. The zero-order valence-corrected chi connectivity index (χ0v) is 14.6. The van der Waals surface area contributed by atoms with Crippen molar-refractivity contribution in [1.82, 2.24) is 5.32 Å². The van der Waals surface area contributed by atoms with Crippen molar-refractivity contribution in [3.05, 3.63) is 71.5 Å². The first-order chi connectivity index (χ1) is 12.8. The number of alkyl halides is 3. The van der Waals surface area contributed by atoms with Gasteiger partial charge >= 0.3 is 6.18 Å². The van der Waals surface area contributed by atoms with E-state index in [2.05, 4.69) is 5.32 Å². The van der Waals surface area contributed by atoms with Crippen molar-refractivity contribution in [2.24, 2.45) is 5.92 Å². The van der Waals surface area contributed by atoms with Crippen LogP contribution in [0.2, 0.25) is 0 Å². The summed E-state index contributed by atoms with van der Waals surface area (Å²) in [5.41, 5.74) is 0.855. The molecule has 0 spiro atoms. The van der Waals surface area contributed by atoms with Crippen LogP contribution in [0.4, 0.5) is 13.2 Å². The van der Waals surface area contributed by atoms with Crippen molar-refractivity contribution >= 4 is 16.9 Å². The molecule has 27 heavy (non-hydrogen) atoms. The molecule has 3 nitrogen and oxygen atoms in total. The van der Waals surface area contributed by atoms with Crippen molar-refractivity contribution in [2.75, 3.05) is 0 Å². The van der Waals surface area contributed by atoms with E-state index in [-0.39, 0.29) is 23.8 Å². The lowest BCUT2D eigenvalue weighted by Gasteiger charge is -2.11. The van der Waals surface area contributed by atoms with Crippen LogP contribution < -0.4 is 5.32 Å². The number of halogens is 3. The SMILES string of the molecule is C[C@H](NC(=O)[C@@H]1C[C@@H]1c1ccc(C(F)(F)F)cc1)c1cc2ccccc2o1. The Kier molecular flexibility index (Phi) is 4.21. The fourth-order valence-corrected chi connectivity index (χ4v) is 3.38. The van der Waals surface area contributed by atoms with Crippen LogP contribution in [0.5, 0.6) is 0 Å². The number of amides is 1. The third-order valence-corrected chi connectivity index (χ3v) is 5.02. The minimum absolute atomic E-state index is 0.0323. The number of fused-ring (bicyclic) bond motifs is 1. The van der Waals surface area contributed by atoms with E-state index in [1.807, 2.05) is 37.3 Å². The van der Waals surface area contributed by atoms with Gasteiger partial charge in [0.2, 0.25) is 5.91 Å². The van der Waals surface area contributed by atoms with Gasteiger partial charge in [-0.15, -0.1) is 0 Å². The maximum absolute atomic E-state index is 12.6. The molecule has 1 aromatic heterocycles. The molecule has 1 fully saturated rings. The molecule has 1 aliphatic rings. The smallest absolute Gasteiger partial charge is 0.416 e. The van der Waals surface area contributed by atoms with Crippen molar-refractivity contribution in [2.45, 2.75) is 31.5 Å². The second kappa shape index (κ2) is 6.44. The van der Waals surface area contributed by atoms with Crippen LogP contribution in [0.1, 0.15) is 42.2 Å². The monoisotopic (exact) mass is 373 g/mol. The molecule has 1 aliphatic carbocycles. The molecule has 3 aromatic rings. The molecule has 140 valence electrons. The molecule has 0 bridgehead atoms. The van der Waals surface area contributed by atoms with Gasteiger partial charge in [0.25, 0.3) is 0 Å². The highest BCUT2D eigenvalue weighted by Gasteiger charge is 2.44. The lowest BCUT2D eigenvalue weighted by molar-refractivity contribution is -0.137. The van der Waals surface area contributed by atoms with Crippen LogP contribution in [0, 0.1) is 5.92 Å². The number of hydrogen-bond acceptors (Lipinski definition) is 2. The lowest BCUT2D eigenvalue weighted by Crippen LogP contribution is -2.28. The van der Waals surface area contributed by atoms with E-state index < -0.39 is 11.7 Å². The largest absolute Gasteiger partial charge is 0.459 e. The average molecular weight is 373 g/mol.